The van der Waals surface area contributed by atoms with Crippen LogP contribution in [0.4, 0.5) is 4.39 Å². The monoisotopic (exact) mass is 423 g/mol. The maximum atomic E-state index is 13.2. The van der Waals surface area contributed by atoms with Crippen molar-refractivity contribution >= 4 is 5.91 Å². The van der Waals surface area contributed by atoms with Gasteiger partial charge in [-0.1, -0.05) is 12.1 Å². The summed E-state index contributed by atoms with van der Waals surface area (Å²) >= 11 is 0. The largest absolute Gasteiger partial charge is 0.491 e. The molecule has 6 nitrogen and oxygen atoms in total. The van der Waals surface area contributed by atoms with Crippen molar-refractivity contribution in [3.63, 3.8) is 0 Å². The highest BCUT2D eigenvalue weighted by Gasteiger charge is 2.19. The summed E-state index contributed by atoms with van der Waals surface area (Å²) in [6.45, 7) is 5.40. The second-order valence-electron chi connectivity index (χ2n) is 7.71. The predicted octanol–water partition coefficient (Wildman–Crippen LogP) is 4.12. The van der Waals surface area contributed by atoms with Gasteiger partial charge in [-0.05, 0) is 68.7 Å². The summed E-state index contributed by atoms with van der Waals surface area (Å²) in [6, 6.07) is 13.7. The van der Waals surface area contributed by atoms with Crippen LogP contribution < -0.4 is 10.1 Å². The molecule has 4 rings (SSSR count). The molecule has 2 aromatic carbocycles. The summed E-state index contributed by atoms with van der Waals surface area (Å²) in [5.41, 5.74) is 3.54. The predicted molar refractivity (Wildman–Crippen MR) is 115 cm³/mol. The highest BCUT2D eigenvalue weighted by Crippen LogP contribution is 2.19. The lowest BCUT2D eigenvalue weighted by Gasteiger charge is -2.12. The topological polar surface area (TPSA) is 65.4 Å². The fraction of sp³-hybridized carbons (Fsp3) is 0.333. The molecule has 1 aliphatic heterocycles. The molecule has 1 amide bonds. The number of rotatable bonds is 7. The van der Waals surface area contributed by atoms with E-state index in [1.807, 2.05) is 31.2 Å². The molecule has 0 bridgehead atoms. The smallest absolute Gasteiger partial charge is 0.255 e. The minimum Gasteiger partial charge on any atom is -0.491 e. The van der Waals surface area contributed by atoms with Crippen molar-refractivity contribution in [2.75, 3.05) is 13.2 Å². The summed E-state index contributed by atoms with van der Waals surface area (Å²) in [5, 5.41) is 7.41. The highest BCUT2D eigenvalue weighted by atomic mass is 19.1. The number of benzene rings is 2. The fourth-order valence-electron chi connectivity index (χ4n) is 3.74. The van der Waals surface area contributed by atoms with Gasteiger partial charge in [-0.25, -0.2) is 9.07 Å². The van der Waals surface area contributed by atoms with Crippen molar-refractivity contribution in [2.45, 2.75) is 39.3 Å². The Morgan fingerprint density at radius 3 is 2.61 bits per heavy atom. The standard InChI is InChI=1S/C24H26FN3O3/c1-16-23(17(2)28(27-16)20-9-7-19(25)8-10-20)24(29)26-14-18-5-11-21(12-6-18)31-15-22-4-3-13-30-22/h5-12,22H,3-4,13-15H2,1-2H3,(H,26,29). The van der Waals surface area contributed by atoms with Crippen LogP contribution in [0, 0.1) is 19.7 Å². The maximum absolute atomic E-state index is 13.2. The van der Waals surface area contributed by atoms with E-state index < -0.39 is 0 Å². The first-order valence-electron chi connectivity index (χ1n) is 10.4. The second kappa shape index (κ2) is 9.31. The lowest BCUT2D eigenvalue weighted by Crippen LogP contribution is -2.24. The van der Waals surface area contributed by atoms with Crippen LogP contribution in [0.2, 0.25) is 0 Å². The van der Waals surface area contributed by atoms with Gasteiger partial charge in [0.15, 0.2) is 0 Å². The van der Waals surface area contributed by atoms with Crippen molar-refractivity contribution in [3.8, 4) is 11.4 Å². The van der Waals surface area contributed by atoms with Crippen molar-refractivity contribution in [1.82, 2.24) is 15.1 Å². The van der Waals surface area contributed by atoms with Gasteiger partial charge in [-0.2, -0.15) is 5.10 Å². The van der Waals surface area contributed by atoms with Gasteiger partial charge in [0.05, 0.1) is 28.7 Å². The van der Waals surface area contributed by atoms with Crippen molar-refractivity contribution in [1.29, 1.82) is 0 Å². The van der Waals surface area contributed by atoms with Crippen LogP contribution >= 0.6 is 0 Å². The van der Waals surface area contributed by atoms with Gasteiger partial charge in [-0.3, -0.25) is 4.79 Å². The third kappa shape index (κ3) is 4.94. The molecule has 1 unspecified atom stereocenters. The molecule has 1 N–H and O–H groups in total. The van der Waals surface area contributed by atoms with Crippen molar-refractivity contribution in [2.24, 2.45) is 0 Å². The molecule has 0 saturated carbocycles. The molecule has 0 radical (unpaired) electrons. The number of aryl methyl sites for hydroxylation is 1. The average Bonchev–Trinajstić information content (AvgIpc) is 3.39. The summed E-state index contributed by atoms with van der Waals surface area (Å²) in [5.74, 6) is 0.284. The first-order chi connectivity index (χ1) is 15.0. The van der Waals surface area contributed by atoms with Crippen LogP contribution in [0.5, 0.6) is 5.75 Å². The molecule has 1 aliphatic rings. The Labute approximate surface area is 181 Å². The molecule has 1 saturated heterocycles. The second-order valence-corrected chi connectivity index (χ2v) is 7.71. The zero-order valence-electron chi connectivity index (χ0n) is 17.7. The number of nitrogens with one attached hydrogen (secondary N) is 1. The number of halogens is 1. The van der Waals surface area contributed by atoms with E-state index >= 15 is 0 Å². The van der Waals surface area contributed by atoms with E-state index in [0.717, 1.165) is 30.8 Å². The van der Waals surface area contributed by atoms with E-state index in [1.165, 1.54) is 12.1 Å². The fourth-order valence-corrected chi connectivity index (χ4v) is 3.74. The Hall–Kier alpha value is -3.19. The first-order valence-corrected chi connectivity index (χ1v) is 10.4. The number of nitrogens with zero attached hydrogens (tertiary/aromatic N) is 2. The average molecular weight is 423 g/mol. The van der Waals surface area contributed by atoms with Crippen LogP contribution in [-0.4, -0.2) is 35.0 Å². The van der Waals surface area contributed by atoms with Crippen LogP contribution in [0.1, 0.15) is 40.2 Å². The minimum absolute atomic E-state index is 0.182. The Morgan fingerprint density at radius 1 is 1.19 bits per heavy atom. The summed E-state index contributed by atoms with van der Waals surface area (Å²) in [7, 11) is 0. The van der Waals surface area contributed by atoms with Gasteiger partial charge in [0, 0.05) is 13.2 Å². The van der Waals surface area contributed by atoms with Gasteiger partial charge in [0.25, 0.3) is 5.91 Å². The lowest BCUT2D eigenvalue weighted by atomic mass is 10.1. The lowest BCUT2D eigenvalue weighted by molar-refractivity contribution is 0.0679. The van der Waals surface area contributed by atoms with E-state index in [4.69, 9.17) is 9.47 Å². The van der Waals surface area contributed by atoms with Gasteiger partial charge >= 0.3 is 0 Å². The number of carbonyl (C=O) groups is 1. The normalized spacial score (nSPS) is 15.8. The molecular weight excluding hydrogens is 397 g/mol. The zero-order valence-corrected chi connectivity index (χ0v) is 17.7. The molecular formula is C24H26FN3O3. The molecule has 7 heteroatoms. The van der Waals surface area contributed by atoms with E-state index in [0.29, 0.717) is 35.8 Å². The van der Waals surface area contributed by atoms with Crippen LogP contribution in [0.3, 0.4) is 0 Å². The minimum atomic E-state index is -0.313. The SMILES string of the molecule is Cc1nn(-c2ccc(F)cc2)c(C)c1C(=O)NCc1ccc(OCC2CCCO2)cc1. The molecule has 162 valence electrons. The highest BCUT2D eigenvalue weighted by molar-refractivity contribution is 5.96. The molecule has 1 fully saturated rings. The Kier molecular flexibility index (Phi) is 6.32. The van der Waals surface area contributed by atoms with E-state index in [-0.39, 0.29) is 17.8 Å². The van der Waals surface area contributed by atoms with E-state index in [2.05, 4.69) is 10.4 Å². The number of ether oxygens (including phenoxy) is 2. The van der Waals surface area contributed by atoms with Gasteiger partial charge < -0.3 is 14.8 Å². The number of amides is 1. The number of carbonyl (C=O) groups excluding carboxylic acids is 1. The molecule has 3 aromatic rings. The van der Waals surface area contributed by atoms with Gasteiger partial charge in [-0.15, -0.1) is 0 Å². The molecule has 2 heterocycles. The first kappa shape index (κ1) is 21.1. The van der Waals surface area contributed by atoms with E-state index in [1.54, 1.807) is 23.7 Å². The van der Waals surface area contributed by atoms with Crippen LogP contribution in [0.15, 0.2) is 48.5 Å². The quantitative estimate of drug-likeness (QED) is 0.621. The zero-order chi connectivity index (χ0) is 21.8. The molecule has 0 aliphatic carbocycles. The van der Waals surface area contributed by atoms with E-state index in [9.17, 15) is 9.18 Å². The van der Waals surface area contributed by atoms with Crippen molar-refractivity contribution < 1.29 is 18.7 Å². The molecule has 1 atom stereocenters. The Morgan fingerprint density at radius 2 is 1.94 bits per heavy atom. The third-order valence-electron chi connectivity index (χ3n) is 5.43. The maximum Gasteiger partial charge on any atom is 0.255 e. The third-order valence-corrected chi connectivity index (χ3v) is 5.43. The Balaban J connectivity index is 1.37. The number of hydrogen-bond acceptors (Lipinski definition) is 4. The summed E-state index contributed by atoms with van der Waals surface area (Å²) < 4.78 is 26.2. The number of hydrogen-bond donors (Lipinski definition) is 1. The summed E-state index contributed by atoms with van der Waals surface area (Å²) in [4.78, 5) is 12.8. The Bertz CT molecular complexity index is 1040. The number of aromatic nitrogens is 2. The molecule has 0 spiro atoms. The van der Waals surface area contributed by atoms with Crippen LogP contribution in [0.25, 0.3) is 5.69 Å². The van der Waals surface area contributed by atoms with Crippen LogP contribution in [-0.2, 0) is 11.3 Å². The van der Waals surface area contributed by atoms with Crippen molar-refractivity contribution in [3.05, 3.63) is 76.9 Å². The summed E-state index contributed by atoms with van der Waals surface area (Å²) in [6.07, 6.45) is 2.32. The van der Waals surface area contributed by atoms with Gasteiger partial charge in [0.2, 0.25) is 0 Å². The molecule has 31 heavy (non-hydrogen) atoms. The molecule has 1 aromatic heterocycles. The van der Waals surface area contributed by atoms with Gasteiger partial charge in [0.1, 0.15) is 18.2 Å².